The summed E-state index contributed by atoms with van der Waals surface area (Å²) in [6, 6.07) is 0. The van der Waals surface area contributed by atoms with Crippen LogP contribution in [0.25, 0.3) is 0 Å². The van der Waals surface area contributed by atoms with Crippen molar-refractivity contribution in [2.75, 3.05) is 51.2 Å². The molecule has 2 heterocycles. The minimum Gasteiger partial charge on any atom is -0.378 e. The Balaban J connectivity index is 1.50. The summed E-state index contributed by atoms with van der Waals surface area (Å²) in [5.74, 6) is 0. The van der Waals surface area contributed by atoms with Gasteiger partial charge in [-0.3, -0.25) is 0 Å². The van der Waals surface area contributed by atoms with Gasteiger partial charge in [-0.05, 0) is 70.1 Å². The molecule has 4 atom stereocenters. The van der Waals surface area contributed by atoms with Crippen LogP contribution in [0, 0.1) is 0 Å². The van der Waals surface area contributed by atoms with Crippen LogP contribution in [0.4, 0.5) is 0 Å². The molecule has 0 saturated carbocycles. The molecule has 19 heavy (non-hydrogen) atoms. The summed E-state index contributed by atoms with van der Waals surface area (Å²) in [5, 5.41) is 0. The van der Waals surface area contributed by atoms with Crippen LogP contribution in [0.5, 0.6) is 0 Å². The van der Waals surface area contributed by atoms with Gasteiger partial charge in [-0.2, -0.15) is 0 Å². The van der Waals surface area contributed by atoms with Crippen molar-refractivity contribution in [3.63, 3.8) is 0 Å². The molecule has 2 nitrogen and oxygen atoms in total. The third-order valence-corrected chi connectivity index (χ3v) is 8.64. The van der Waals surface area contributed by atoms with Crippen LogP contribution in [0.3, 0.4) is 0 Å². The van der Waals surface area contributed by atoms with Gasteiger partial charge in [0.15, 0.2) is 0 Å². The molecule has 0 amide bonds. The lowest BCUT2D eigenvalue weighted by molar-refractivity contribution is 0.109. The topological polar surface area (TPSA) is 18.5 Å². The second-order valence-electron chi connectivity index (χ2n) is 6.12. The van der Waals surface area contributed by atoms with Crippen LogP contribution in [-0.2, 0) is 9.47 Å². The molecule has 0 bridgehead atoms. The van der Waals surface area contributed by atoms with Crippen molar-refractivity contribution in [3.05, 3.63) is 0 Å². The van der Waals surface area contributed by atoms with Gasteiger partial charge in [-0.25, -0.2) is 0 Å². The van der Waals surface area contributed by atoms with Gasteiger partial charge in [0.05, 0.1) is 12.2 Å². The maximum Gasteiger partial charge on any atom is 0.0615 e. The van der Waals surface area contributed by atoms with Crippen molar-refractivity contribution in [2.24, 2.45) is 0 Å². The van der Waals surface area contributed by atoms with Gasteiger partial charge in [-0.15, -0.1) is 15.8 Å². The highest BCUT2D eigenvalue weighted by Gasteiger charge is 2.19. The second kappa shape index (κ2) is 8.93. The predicted octanol–water partition coefficient (Wildman–Crippen LogP) is 3.96. The quantitative estimate of drug-likeness (QED) is 0.632. The largest absolute Gasteiger partial charge is 0.378 e. The van der Waals surface area contributed by atoms with E-state index in [0.717, 1.165) is 13.2 Å². The average molecular weight is 304 g/mol. The molecule has 0 aliphatic carbocycles. The van der Waals surface area contributed by atoms with Crippen molar-refractivity contribution in [1.29, 1.82) is 0 Å². The standard InChI is InChI=1S/C15H30O2P2/c1-18(10-7-14-5-3-8-16-14)11-12-19(2)13-15-6-4-9-17-15/h14-15H,3-13H2,1-2H3. The Morgan fingerprint density at radius 2 is 1.47 bits per heavy atom. The molecule has 0 aromatic heterocycles. The number of hydrogen-bond acceptors (Lipinski definition) is 2. The molecule has 2 saturated heterocycles. The molecule has 0 aromatic rings. The summed E-state index contributed by atoms with van der Waals surface area (Å²) in [7, 11) is 0.463. The van der Waals surface area contributed by atoms with Crippen molar-refractivity contribution in [3.8, 4) is 0 Å². The summed E-state index contributed by atoms with van der Waals surface area (Å²) in [4.78, 5) is 0. The van der Waals surface area contributed by atoms with Crippen molar-refractivity contribution < 1.29 is 9.47 Å². The summed E-state index contributed by atoms with van der Waals surface area (Å²) in [6.07, 6.45) is 13.4. The lowest BCUT2D eigenvalue weighted by Crippen LogP contribution is -2.11. The number of rotatable bonds is 8. The highest BCUT2D eigenvalue weighted by molar-refractivity contribution is 7.60. The Bertz CT molecular complexity index is 238. The van der Waals surface area contributed by atoms with Gasteiger partial charge < -0.3 is 9.47 Å². The molecule has 112 valence electrons. The van der Waals surface area contributed by atoms with Crippen molar-refractivity contribution in [2.45, 2.75) is 44.3 Å². The molecular formula is C15H30O2P2. The summed E-state index contributed by atoms with van der Waals surface area (Å²) in [6.45, 7) is 6.98. The monoisotopic (exact) mass is 304 g/mol. The average Bonchev–Trinajstić information content (AvgIpc) is 3.06. The third kappa shape index (κ3) is 6.38. The Morgan fingerprint density at radius 1 is 0.842 bits per heavy atom. The number of hydrogen-bond donors (Lipinski definition) is 0. The Labute approximate surface area is 121 Å². The van der Waals surface area contributed by atoms with Crippen LogP contribution in [0.1, 0.15) is 32.1 Å². The van der Waals surface area contributed by atoms with E-state index in [1.54, 1.807) is 0 Å². The maximum absolute atomic E-state index is 5.75. The Hall–Kier alpha value is 0.780. The zero-order valence-electron chi connectivity index (χ0n) is 12.6. The minimum absolute atomic E-state index is 0.215. The molecule has 2 fully saturated rings. The third-order valence-electron chi connectivity index (χ3n) is 4.26. The molecule has 0 spiro atoms. The molecule has 0 N–H and O–H groups in total. The smallest absolute Gasteiger partial charge is 0.0615 e. The predicted molar refractivity (Wildman–Crippen MR) is 87.7 cm³/mol. The lowest BCUT2D eigenvalue weighted by Gasteiger charge is -2.20. The van der Waals surface area contributed by atoms with Crippen LogP contribution in [0.15, 0.2) is 0 Å². The fraction of sp³-hybridized carbons (Fsp3) is 1.00. The molecule has 4 unspecified atom stereocenters. The molecule has 0 radical (unpaired) electrons. The zero-order valence-corrected chi connectivity index (χ0v) is 14.4. The van der Waals surface area contributed by atoms with Crippen molar-refractivity contribution >= 4 is 15.8 Å². The summed E-state index contributed by atoms with van der Waals surface area (Å²) < 4.78 is 11.5. The first kappa shape index (κ1) is 16.2. The minimum atomic E-state index is 0.215. The van der Waals surface area contributed by atoms with E-state index in [9.17, 15) is 0 Å². The van der Waals surface area contributed by atoms with E-state index in [4.69, 9.17) is 9.47 Å². The second-order valence-corrected chi connectivity index (χ2v) is 11.3. The Kier molecular flexibility index (Phi) is 7.60. The molecule has 4 heteroatoms. The number of ether oxygens (including phenoxy) is 2. The first-order valence-electron chi connectivity index (χ1n) is 7.84. The van der Waals surface area contributed by atoms with Crippen molar-refractivity contribution in [1.82, 2.24) is 0 Å². The normalized spacial score (nSPS) is 30.6. The highest BCUT2D eigenvalue weighted by Crippen LogP contribution is 2.41. The SMILES string of the molecule is CP(CCC1CCCO1)CCP(C)CC1CCCO1. The molecule has 2 rings (SSSR count). The van der Waals surface area contributed by atoms with Crippen LogP contribution in [-0.4, -0.2) is 63.4 Å². The van der Waals surface area contributed by atoms with Gasteiger partial charge in [0.1, 0.15) is 0 Å². The van der Waals surface area contributed by atoms with Crippen LogP contribution < -0.4 is 0 Å². The van der Waals surface area contributed by atoms with Gasteiger partial charge in [0.2, 0.25) is 0 Å². The van der Waals surface area contributed by atoms with Gasteiger partial charge >= 0.3 is 0 Å². The van der Waals surface area contributed by atoms with E-state index in [1.165, 1.54) is 56.8 Å². The summed E-state index contributed by atoms with van der Waals surface area (Å²) >= 11 is 0. The van der Waals surface area contributed by atoms with Gasteiger partial charge in [0.25, 0.3) is 0 Å². The van der Waals surface area contributed by atoms with E-state index in [1.807, 2.05) is 0 Å². The first-order chi connectivity index (χ1) is 9.24. The molecule has 2 aliphatic heterocycles. The van der Waals surface area contributed by atoms with E-state index < -0.39 is 0 Å². The molecule has 2 aliphatic rings. The highest BCUT2D eigenvalue weighted by atomic mass is 31.1. The maximum atomic E-state index is 5.75. The van der Waals surface area contributed by atoms with Gasteiger partial charge in [-0.1, -0.05) is 0 Å². The fourth-order valence-electron chi connectivity index (χ4n) is 2.92. The van der Waals surface area contributed by atoms with E-state index >= 15 is 0 Å². The zero-order chi connectivity index (χ0) is 13.5. The van der Waals surface area contributed by atoms with E-state index in [-0.39, 0.29) is 15.8 Å². The lowest BCUT2D eigenvalue weighted by atomic mass is 10.2. The van der Waals surface area contributed by atoms with E-state index in [2.05, 4.69) is 13.3 Å². The molecular weight excluding hydrogens is 274 g/mol. The van der Waals surface area contributed by atoms with E-state index in [0.29, 0.717) is 12.2 Å². The molecule has 0 aromatic carbocycles. The first-order valence-corrected chi connectivity index (χ1v) is 12.2. The fourth-order valence-corrected chi connectivity index (χ4v) is 7.77. The van der Waals surface area contributed by atoms with Crippen LogP contribution >= 0.6 is 15.8 Å². The van der Waals surface area contributed by atoms with Gasteiger partial charge in [0, 0.05) is 13.2 Å². The summed E-state index contributed by atoms with van der Waals surface area (Å²) in [5.41, 5.74) is 0. The Morgan fingerprint density at radius 3 is 2.11 bits per heavy atom. The van der Waals surface area contributed by atoms with Crippen LogP contribution in [0.2, 0.25) is 0 Å².